The van der Waals surface area contributed by atoms with E-state index in [1.165, 1.54) is 18.2 Å². The summed E-state index contributed by atoms with van der Waals surface area (Å²) in [6.07, 6.45) is 3.32. The van der Waals surface area contributed by atoms with Crippen molar-refractivity contribution >= 4 is 18.5 Å². The summed E-state index contributed by atoms with van der Waals surface area (Å²) in [4.78, 5) is 16.5. The van der Waals surface area contributed by atoms with E-state index in [0.717, 1.165) is 5.56 Å². The number of hydrogen-bond acceptors (Lipinski definition) is 3. The van der Waals surface area contributed by atoms with E-state index in [0.29, 0.717) is 4.90 Å². The van der Waals surface area contributed by atoms with E-state index in [2.05, 4.69) is 22.9 Å². The van der Waals surface area contributed by atoms with Crippen LogP contribution in [0.1, 0.15) is 28.9 Å². The summed E-state index contributed by atoms with van der Waals surface area (Å²) in [6, 6.07) is 7.52. The lowest BCUT2D eigenvalue weighted by atomic mass is 10.1. The van der Waals surface area contributed by atoms with Crippen molar-refractivity contribution in [3.63, 3.8) is 0 Å². The van der Waals surface area contributed by atoms with Crippen molar-refractivity contribution in [1.82, 2.24) is 10.3 Å². The fraction of sp³-hybridized carbons (Fsp3) is 0.143. The predicted molar refractivity (Wildman–Crippen MR) is 73.8 cm³/mol. The van der Waals surface area contributed by atoms with Gasteiger partial charge in [-0.3, -0.25) is 9.78 Å². The average Bonchev–Trinajstić information content (AvgIpc) is 2.42. The van der Waals surface area contributed by atoms with Crippen LogP contribution < -0.4 is 5.32 Å². The van der Waals surface area contributed by atoms with Crippen molar-refractivity contribution in [2.75, 3.05) is 0 Å². The third-order valence-corrected chi connectivity index (χ3v) is 3.00. The number of benzene rings is 1. The highest BCUT2D eigenvalue weighted by molar-refractivity contribution is 7.80. The van der Waals surface area contributed by atoms with E-state index in [1.807, 2.05) is 13.0 Å². The maximum Gasteiger partial charge on any atom is 0.254 e. The van der Waals surface area contributed by atoms with Crippen LogP contribution in [0.25, 0.3) is 0 Å². The summed E-state index contributed by atoms with van der Waals surface area (Å²) in [5.41, 5.74) is 0.849. The van der Waals surface area contributed by atoms with Crippen LogP contribution in [0.4, 0.5) is 4.39 Å². The predicted octanol–water partition coefficient (Wildman–Crippen LogP) is 3.00. The van der Waals surface area contributed by atoms with Gasteiger partial charge in [0.25, 0.3) is 5.91 Å². The van der Waals surface area contributed by atoms with Gasteiger partial charge in [-0.2, -0.15) is 0 Å². The Labute approximate surface area is 116 Å². The number of nitrogens with zero attached hydrogens (tertiary/aromatic N) is 1. The molecule has 2 rings (SSSR count). The summed E-state index contributed by atoms with van der Waals surface area (Å²) in [7, 11) is 0. The van der Waals surface area contributed by atoms with Crippen LogP contribution in [0.3, 0.4) is 0 Å². The van der Waals surface area contributed by atoms with Crippen LogP contribution >= 0.6 is 12.6 Å². The molecule has 2 aromatic rings. The highest BCUT2D eigenvalue weighted by atomic mass is 32.1. The van der Waals surface area contributed by atoms with Crippen LogP contribution in [-0.2, 0) is 0 Å². The Hall–Kier alpha value is -1.88. The molecule has 1 aromatic heterocycles. The van der Waals surface area contributed by atoms with Crippen molar-refractivity contribution in [1.29, 1.82) is 0 Å². The van der Waals surface area contributed by atoms with Crippen LogP contribution in [0.5, 0.6) is 0 Å². The maximum absolute atomic E-state index is 13.6. The number of carbonyl (C=O) groups is 1. The molecule has 1 heterocycles. The highest BCUT2D eigenvalue weighted by Crippen LogP contribution is 2.16. The number of halogens is 1. The van der Waals surface area contributed by atoms with Crippen molar-refractivity contribution in [3.05, 3.63) is 59.7 Å². The third-order valence-electron chi connectivity index (χ3n) is 2.73. The van der Waals surface area contributed by atoms with Crippen LogP contribution in [0.2, 0.25) is 0 Å². The lowest BCUT2D eigenvalue weighted by Crippen LogP contribution is -2.27. The van der Waals surface area contributed by atoms with Gasteiger partial charge in [-0.25, -0.2) is 4.39 Å². The summed E-state index contributed by atoms with van der Waals surface area (Å²) in [5, 5.41) is 2.73. The quantitative estimate of drug-likeness (QED) is 0.846. The first-order chi connectivity index (χ1) is 9.08. The highest BCUT2D eigenvalue weighted by Gasteiger charge is 2.15. The number of rotatable bonds is 3. The van der Waals surface area contributed by atoms with Gasteiger partial charge in [-0.1, -0.05) is 6.07 Å². The fourth-order valence-corrected chi connectivity index (χ4v) is 1.88. The van der Waals surface area contributed by atoms with E-state index >= 15 is 0 Å². The van der Waals surface area contributed by atoms with Gasteiger partial charge in [-0.15, -0.1) is 12.6 Å². The summed E-state index contributed by atoms with van der Waals surface area (Å²) >= 11 is 4.10. The number of nitrogens with one attached hydrogen (secondary N) is 1. The molecule has 0 aliphatic carbocycles. The molecule has 1 amide bonds. The molecule has 0 saturated carbocycles. The lowest BCUT2D eigenvalue weighted by Gasteiger charge is -2.14. The second-order valence-corrected chi connectivity index (χ2v) is 4.66. The number of carbonyl (C=O) groups excluding carboxylic acids is 1. The number of pyridine rings is 1. The lowest BCUT2D eigenvalue weighted by molar-refractivity contribution is 0.0935. The maximum atomic E-state index is 13.6. The van der Waals surface area contributed by atoms with Gasteiger partial charge in [0.05, 0.1) is 11.6 Å². The van der Waals surface area contributed by atoms with Crippen molar-refractivity contribution < 1.29 is 9.18 Å². The molecule has 1 unspecified atom stereocenters. The SMILES string of the molecule is CC(NC(=O)c1cc(S)ccc1F)c1cccnc1. The molecule has 98 valence electrons. The zero-order chi connectivity index (χ0) is 13.8. The standard InChI is InChI=1S/C14H13FN2OS/c1-9(10-3-2-6-16-8-10)17-14(18)12-7-11(19)4-5-13(12)15/h2-9,19H,1H3,(H,17,18). The molecule has 0 radical (unpaired) electrons. The van der Waals surface area contributed by atoms with Gasteiger partial charge in [0.15, 0.2) is 0 Å². The molecule has 0 spiro atoms. The Kier molecular flexibility index (Phi) is 4.16. The Balaban J connectivity index is 2.15. The van der Waals surface area contributed by atoms with E-state index in [9.17, 15) is 9.18 Å². The second kappa shape index (κ2) is 5.84. The molecule has 1 N–H and O–H groups in total. The Morgan fingerprint density at radius 1 is 1.42 bits per heavy atom. The minimum Gasteiger partial charge on any atom is -0.345 e. The van der Waals surface area contributed by atoms with Crippen molar-refractivity contribution in [3.8, 4) is 0 Å². The molecular weight excluding hydrogens is 263 g/mol. The van der Waals surface area contributed by atoms with Gasteiger partial charge in [-0.05, 0) is 36.8 Å². The molecule has 1 aromatic carbocycles. The number of hydrogen-bond donors (Lipinski definition) is 2. The molecule has 3 nitrogen and oxygen atoms in total. The van der Waals surface area contributed by atoms with Crippen LogP contribution in [0.15, 0.2) is 47.6 Å². The molecule has 0 aliphatic rings. The molecule has 0 saturated heterocycles. The molecular formula is C14H13FN2OS. The molecule has 0 aliphatic heterocycles. The average molecular weight is 276 g/mol. The molecule has 5 heteroatoms. The molecule has 19 heavy (non-hydrogen) atoms. The third kappa shape index (κ3) is 3.32. The van der Waals surface area contributed by atoms with Gasteiger partial charge < -0.3 is 5.32 Å². The van der Waals surface area contributed by atoms with E-state index in [4.69, 9.17) is 0 Å². The van der Waals surface area contributed by atoms with Gasteiger partial charge in [0, 0.05) is 17.3 Å². The topological polar surface area (TPSA) is 42.0 Å². The number of thiol groups is 1. The van der Waals surface area contributed by atoms with Crippen molar-refractivity contribution in [2.45, 2.75) is 17.9 Å². The zero-order valence-corrected chi connectivity index (χ0v) is 11.2. The Bertz CT molecular complexity index is 589. The summed E-state index contributed by atoms with van der Waals surface area (Å²) in [5.74, 6) is -1.03. The first-order valence-electron chi connectivity index (χ1n) is 5.77. The minimum absolute atomic E-state index is 0.0109. The smallest absolute Gasteiger partial charge is 0.254 e. The second-order valence-electron chi connectivity index (χ2n) is 4.15. The van der Waals surface area contributed by atoms with Gasteiger partial charge in [0.2, 0.25) is 0 Å². The van der Waals surface area contributed by atoms with Crippen molar-refractivity contribution in [2.24, 2.45) is 0 Å². The first kappa shape index (κ1) is 13.5. The van der Waals surface area contributed by atoms with Gasteiger partial charge >= 0.3 is 0 Å². The monoisotopic (exact) mass is 276 g/mol. The minimum atomic E-state index is -0.561. The van der Waals surface area contributed by atoms with E-state index in [-0.39, 0.29) is 11.6 Å². The zero-order valence-electron chi connectivity index (χ0n) is 10.3. The number of aromatic nitrogens is 1. The largest absolute Gasteiger partial charge is 0.345 e. The normalized spacial score (nSPS) is 11.9. The summed E-state index contributed by atoms with van der Waals surface area (Å²) < 4.78 is 13.6. The van der Waals surface area contributed by atoms with Crippen LogP contribution in [0, 0.1) is 5.82 Å². The fourth-order valence-electron chi connectivity index (χ4n) is 1.68. The van der Waals surface area contributed by atoms with Gasteiger partial charge in [0.1, 0.15) is 5.82 Å². The molecule has 0 bridgehead atoms. The Morgan fingerprint density at radius 3 is 2.89 bits per heavy atom. The van der Waals surface area contributed by atoms with E-state index in [1.54, 1.807) is 18.5 Å². The van der Waals surface area contributed by atoms with E-state index < -0.39 is 11.7 Å². The number of amides is 1. The first-order valence-corrected chi connectivity index (χ1v) is 6.22. The molecule has 0 fully saturated rings. The Morgan fingerprint density at radius 2 is 2.21 bits per heavy atom. The molecule has 1 atom stereocenters. The van der Waals surface area contributed by atoms with Crippen LogP contribution in [-0.4, -0.2) is 10.9 Å². The summed E-state index contributed by atoms with van der Waals surface area (Å²) in [6.45, 7) is 1.82.